The summed E-state index contributed by atoms with van der Waals surface area (Å²) in [4.78, 5) is 2.40. The van der Waals surface area contributed by atoms with Crippen LogP contribution in [0.25, 0.3) is 10.8 Å². The lowest BCUT2D eigenvalue weighted by Crippen LogP contribution is -2.50. The van der Waals surface area contributed by atoms with Gasteiger partial charge in [0.15, 0.2) is 0 Å². The van der Waals surface area contributed by atoms with Gasteiger partial charge in [-0.25, -0.2) is 8.42 Å². The largest absolute Gasteiger partial charge is 0.490 e. The second-order valence-electron chi connectivity index (χ2n) is 7.46. The molecular weight excluding hydrogens is 400 g/mol. The zero-order chi connectivity index (χ0) is 21.0. The molecule has 6 nitrogen and oxygen atoms in total. The highest BCUT2D eigenvalue weighted by atomic mass is 32.2. The standard InChI is InChI=1S/C23H26N2O4S/c26-20(18-29-23-12-6-8-19-7-4-5-11-22(19)23)17-24-13-15-25(16-14-24)30(27,28)21-9-2-1-3-10-21/h1-12,20,26H,13-18H2. The molecule has 0 aliphatic carbocycles. The van der Waals surface area contributed by atoms with Gasteiger partial charge in [0.05, 0.1) is 4.90 Å². The van der Waals surface area contributed by atoms with Crippen molar-refractivity contribution in [2.75, 3.05) is 39.3 Å². The summed E-state index contributed by atoms with van der Waals surface area (Å²) in [5.41, 5.74) is 0. The van der Waals surface area contributed by atoms with E-state index in [-0.39, 0.29) is 6.61 Å². The van der Waals surface area contributed by atoms with Crippen LogP contribution in [-0.2, 0) is 10.0 Å². The number of ether oxygens (including phenoxy) is 1. The minimum Gasteiger partial charge on any atom is -0.490 e. The van der Waals surface area contributed by atoms with Gasteiger partial charge in [0.25, 0.3) is 0 Å². The third-order valence-electron chi connectivity index (χ3n) is 5.36. The van der Waals surface area contributed by atoms with Crippen LogP contribution < -0.4 is 4.74 Å². The number of rotatable bonds is 7. The van der Waals surface area contributed by atoms with E-state index in [1.165, 1.54) is 4.31 Å². The third kappa shape index (κ3) is 4.65. The number of hydrogen-bond donors (Lipinski definition) is 1. The average molecular weight is 427 g/mol. The van der Waals surface area contributed by atoms with Gasteiger partial charge in [-0.2, -0.15) is 4.31 Å². The van der Waals surface area contributed by atoms with E-state index in [9.17, 15) is 13.5 Å². The number of sulfonamides is 1. The van der Waals surface area contributed by atoms with E-state index in [2.05, 4.69) is 4.90 Å². The van der Waals surface area contributed by atoms with Crippen LogP contribution in [0, 0.1) is 0 Å². The Morgan fingerprint density at radius 2 is 1.53 bits per heavy atom. The van der Waals surface area contributed by atoms with Crippen molar-refractivity contribution in [3.8, 4) is 5.75 Å². The van der Waals surface area contributed by atoms with Crippen LogP contribution in [0.4, 0.5) is 0 Å². The van der Waals surface area contributed by atoms with Crippen molar-refractivity contribution in [1.82, 2.24) is 9.21 Å². The Balaban J connectivity index is 1.29. The Hall–Kier alpha value is -2.45. The zero-order valence-corrected chi connectivity index (χ0v) is 17.5. The van der Waals surface area contributed by atoms with Gasteiger partial charge in [0, 0.05) is 38.1 Å². The first-order chi connectivity index (χ1) is 14.5. The third-order valence-corrected chi connectivity index (χ3v) is 7.27. The first-order valence-corrected chi connectivity index (χ1v) is 11.5. The van der Waals surface area contributed by atoms with E-state index >= 15 is 0 Å². The van der Waals surface area contributed by atoms with Crippen LogP contribution in [0.3, 0.4) is 0 Å². The molecule has 1 N–H and O–H groups in total. The summed E-state index contributed by atoms with van der Waals surface area (Å²) in [5.74, 6) is 0.755. The molecule has 0 saturated carbocycles. The van der Waals surface area contributed by atoms with Gasteiger partial charge in [-0.05, 0) is 23.6 Å². The van der Waals surface area contributed by atoms with Crippen LogP contribution in [0.1, 0.15) is 0 Å². The van der Waals surface area contributed by atoms with Crippen molar-refractivity contribution >= 4 is 20.8 Å². The molecular formula is C23H26N2O4S. The van der Waals surface area contributed by atoms with Gasteiger partial charge in [-0.3, -0.25) is 4.90 Å². The maximum absolute atomic E-state index is 12.7. The number of benzene rings is 3. The summed E-state index contributed by atoms with van der Waals surface area (Å²) in [5, 5.41) is 12.6. The van der Waals surface area contributed by atoms with Gasteiger partial charge in [0.2, 0.25) is 10.0 Å². The number of hydrogen-bond acceptors (Lipinski definition) is 5. The highest BCUT2D eigenvalue weighted by molar-refractivity contribution is 7.89. The summed E-state index contributed by atoms with van der Waals surface area (Å²) in [6.45, 7) is 2.62. The molecule has 4 rings (SSSR count). The summed E-state index contributed by atoms with van der Waals surface area (Å²) in [6.07, 6.45) is -0.652. The molecule has 1 aliphatic heterocycles. The van der Waals surface area contributed by atoms with E-state index in [1.54, 1.807) is 30.3 Å². The van der Waals surface area contributed by atoms with Gasteiger partial charge in [0.1, 0.15) is 18.5 Å². The molecule has 1 saturated heterocycles. The minimum atomic E-state index is -3.46. The zero-order valence-electron chi connectivity index (χ0n) is 16.7. The number of piperazine rings is 1. The Bertz CT molecular complexity index is 1080. The number of β-amino-alcohol motifs (C(OH)–C–C–N with tert-alkyl or cyclic N) is 1. The molecule has 3 aromatic rings. The quantitative estimate of drug-likeness (QED) is 0.629. The summed E-state index contributed by atoms with van der Waals surface area (Å²) >= 11 is 0. The van der Waals surface area contributed by atoms with E-state index in [4.69, 9.17) is 4.74 Å². The maximum Gasteiger partial charge on any atom is 0.243 e. The van der Waals surface area contributed by atoms with Crippen LogP contribution in [0.2, 0.25) is 0 Å². The molecule has 1 unspecified atom stereocenters. The van der Waals surface area contributed by atoms with Crippen molar-refractivity contribution in [2.24, 2.45) is 0 Å². The topological polar surface area (TPSA) is 70.1 Å². The van der Waals surface area contributed by atoms with E-state index in [0.717, 1.165) is 16.5 Å². The fourth-order valence-electron chi connectivity index (χ4n) is 3.75. The van der Waals surface area contributed by atoms with Gasteiger partial charge in [-0.1, -0.05) is 54.6 Å². The predicted octanol–water partition coefficient (Wildman–Crippen LogP) is 2.59. The SMILES string of the molecule is O=S(=O)(c1ccccc1)N1CCN(CC(O)COc2cccc3ccccc23)CC1. The Morgan fingerprint density at radius 1 is 0.867 bits per heavy atom. The normalized spacial score (nSPS) is 17.1. The molecule has 1 heterocycles. The van der Waals surface area contributed by atoms with E-state index in [1.807, 2.05) is 42.5 Å². The van der Waals surface area contributed by atoms with Crippen LogP contribution in [-0.4, -0.2) is 68.2 Å². The molecule has 3 aromatic carbocycles. The monoisotopic (exact) mass is 426 g/mol. The first-order valence-electron chi connectivity index (χ1n) is 10.1. The highest BCUT2D eigenvalue weighted by Crippen LogP contribution is 2.25. The van der Waals surface area contributed by atoms with Crippen LogP contribution in [0.15, 0.2) is 77.7 Å². The average Bonchev–Trinajstić information content (AvgIpc) is 2.78. The lowest BCUT2D eigenvalue weighted by Gasteiger charge is -2.34. The molecule has 0 spiro atoms. The fraction of sp³-hybridized carbons (Fsp3) is 0.304. The Morgan fingerprint density at radius 3 is 2.30 bits per heavy atom. The molecule has 0 amide bonds. The molecule has 158 valence electrons. The molecule has 1 aliphatic rings. The Labute approximate surface area is 177 Å². The first kappa shape index (κ1) is 20.8. The predicted molar refractivity (Wildman–Crippen MR) is 117 cm³/mol. The van der Waals surface area contributed by atoms with Gasteiger partial charge in [-0.15, -0.1) is 0 Å². The molecule has 0 bridgehead atoms. The van der Waals surface area contributed by atoms with Crippen molar-refractivity contribution in [3.63, 3.8) is 0 Å². The minimum absolute atomic E-state index is 0.191. The number of aliphatic hydroxyl groups is 1. The summed E-state index contributed by atoms with van der Waals surface area (Å²) < 4.78 is 32.8. The molecule has 1 fully saturated rings. The number of fused-ring (bicyclic) bond motifs is 1. The van der Waals surface area contributed by atoms with Crippen LogP contribution in [0.5, 0.6) is 5.75 Å². The van der Waals surface area contributed by atoms with Crippen molar-refractivity contribution in [2.45, 2.75) is 11.0 Å². The maximum atomic E-state index is 12.7. The van der Waals surface area contributed by atoms with Gasteiger partial charge >= 0.3 is 0 Å². The fourth-order valence-corrected chi connectivity index (χ4v) is 5.20. The van der Waals surface area contributed by atoms with Gasteiger partial charge < -0.3 is 9.84 Å². The number of aliphatic hydroxyl groups excluding tert-OH is 1. The molecule has 7 heteroatoms. The second-order valence-corrected chi connectivity index (χ2v) is 9.40. The highest BCUT2D eigenvalue weighted by Gasteiger charge is 2.28. The van der Waals surface area contributed by atoms with E-state index < -0.39 is 16.1 Å². The lowest BCUT2D eigenvalue weighted by atomic mass is 10.1. The Kier molecular flexibility index (Phi) is 6.34. The molecule has 0 radical (unpaired) electrons. The van der Waals surface area contributed by atoms with Crippen LogP contribution >= 0.6 is 0 Å². The second kappa shape index (κ2) is 9.14. The van der Waals surface area contributed by atoms with E-state index in [0.29, 0.717) is 37.6 Å². The summed E-state index contributed by atoms with van der Waals surface area (Å²) in [6, 6.07) is 22.4. The number of nitrogens with zero attached hydrogens (tertiary/aromatic N) is 2. The van der Waals surface area contributed by atoms with Crippen molar-refractivity contribution in [3.05, 3.63) is 72.8 Å². The smallest absolute Gasteiger partial charge is 0.243 e. The van der Waals surface area contributed by atoms with Crippen molar-refractivity contribution in [1.29, 1.82) is 0 Å². The molecule has 30 heavy (non-hydrogen) atoms. The molecule has 1 atom stereocenters. The van der Waals surface area contributed by atoms with Crippen molar-refractivity contribution < 1.29 is 18.3 Å². The lowest BCUT2D eigenvalue weighted by molar-refractivity contribution is 0.0573. The summed E-state index contributed by atoms with van der Waals surface area (Å²) in [7, 11) is -3.46. The molecule has 0 aromatic heterocycles.